The molecule has 0 saturated carbocycles. The number of rotatable bonds is 5. The molecule has 0 spiro atoms. The maximum Gasteiger partial charge on any atom is 0.254 e. The van der Waals surface area contributed by atoms with Gasteiger partial charge in [-0.25, -0.2) is 0 Å². The zero-order valence-electron chi connectivity index (χ0n) is 15.6. The summed E-state index contributed by atoms with van der Waals surface area (Å²) in [6.07, 6.45) is 1.44. The zero-order valence-corrected chi connectivity index (χ0v) is 17.2. The molecule has 0 radical (unpaired) electrons. The van der Waals surface area contributed by atoms with Gasteiger partial charge < -0.3 is 15.5 Å². The van der Waals surface area contributed by atoms with Gasteiger partial charge in [-0.1, -0.05) is 28.1 Å². The van der Waals surface area contributed by atoms with E-state index in [0.29, 0.717) is 30.6 Å². The maximum atomic E-state index is 13.0. The highest BCUT2D eigenvalue weighted by Crippen LogP contribution is 2.23. The van der Waals surface area contributed by atoms with Gasteiger partial charge in [0.2, 0.25) is 11.8 Å². The Morgan fingerprint density at radius 1 is 1.14 bits per heavy atom. The highest BCUT2D eigenvalue weighted by molar-refractivity contribution is 9.10. The number of likely N-dealkylation sites (tertiary alicyclic amines) is 1. The Bertz CT molecular complexity index is 898. The molecule has 1 heterocycles. The van der Waals surface area contributed by atoms with Gasteiger partial charge in [-0.3, -0.25) is 14.4 Å². The van der Waals surface area contributed by atoms with Crippen molar-refractivity contribution < 1.29 is 14.4 Å². The molecule has 0 aliphatic carbocycles. The first-order chi connectivity index (χ1) is 13.4. The normalized spacial score (nSPS) is 16.1. The average molecular weight is 444 g/mol. The molecule has 6 nitrogen and oxygen atoms in total. The Kier molecular flexibility index (Phi) is 6.14. The minimum atomic E-state index is -0.502. The molecule has 2 aromatic rings. The second kappa shape index (κ2) is 8.56. The van der Waals surface area contributed by atoms with Crippen LogP contribution in [-0.2, 0) is 11.3 Å². The predicted octanol–water partition coefficient (Wildman–Crippen LogP) is 2.81. The van der Waals surface area contributed by atoms with E-state index in [1.54, 1.807) is 47.2 Å². The smallest absolute Gasteiger partial charge is 0.254 e. The minimum absolute atomic E-state index is 0.104. The second-order valence-electron chi connectivity index (χ2n) is 6.92. The number of carbonyl (C=O) groups excluding carboxylic acids is 3. The van der Waals surface area contributed by atoms with E-state index in [9.17, 15) is 14.4 Å². The zero-order chi connectivity index (χ0) is 20.3. The van der Waals surface area contributed by atoms with Crippen molar-refractivity contribution in [2.75, 3.05) is 13.6 Å². The largest absolute Gasteiger partial charge is 0.366 e. The van der Waals surface area contributed by atoms with Crippen LogP contribution in [-0.4, -0.2) is 47.2 Å². The van der Waals surface area contributed by atoms with Gasteiger partial charge in [0.1, 0.15) is 6.04 Å². The SMILES string of the molecule is CN(Cc1cccc(C(N)=O)c1)C(=O)C1CCCN1C(=O)c1ccc(Br)cc1. The van der Waals surface area contributed by atoms with Crippen LogP contribution in [0, 0.1) is 0 Å². The molecule has 7 heteroatoms. The van der Waals surface area contributed by atoms with Gasteiger partial charge in [0.25, 0.3) is 5.91 Å². The molecule has 0 aromatic heterocycles. The monoisotopic (exact) mass is 443 g/mol. The summed E-state index contributed by atoms with van der Waals surface area (Å²) < 4.78 is 0.899. The lowest BCUT2D eigenvalue weighted by Crippen LogP contribution is -2.46. The van der Waals surface area contributed by atoms with Crippen LogP contribution < -0.4 is 5.73 Å². The van der Waals surface area contributed by atoms with E-state index in [0.717, 1.165) is 16.5 Å². The molecule has 2 N–H and O–H groups in total. The quantitative estimate of drug-likeness (QED) is 0.770. The van der Waals surface area contributed by atoms with Crippen molar-refractivity contribution in [2.24, 2.45) is 5.73 Å². The van der Waals surface area contributed by atoms with Crippen LogP contribution in [0.4, 0.5) is 0 Å². The van der Waals surface area contributed by atoms with Crippen LogP contribution in [0.3, 0.4) is 0 Å². The van der Waals surface area contributed by atoms with Gasteiger partial charge in [-0.05, 0) is 54.8 Å². The lowest BCUT2D eigenvalue weighted by molar-refractivity contribution is -0.134. The summed E-state index contributed by atoms with van der Waals surface area (Å²) in [5.41, 5.74) is 7.12. The van der Waals surface area contributed by atoms with E-state index in [4.69, 9.17) is 5.73 Å². The minimum Gasteiger partial charge on any atom is -0.366 e. The topological polar surface area (TPSA) is 83.7 Å². The molecule has 1 unspecified atom stereocenters. The first kappa shape index (κ1) is 20.1. The van der Waals surface area contributed by atoms with Crippen LogP contribution in [0.5, 0.6) is 0 Å². The number of hydrogen-bond donors (Lipinski definition) is 1. The van der Waals surface area contributed by atoms with E-state index < -0.39 is 11.9 Å². The lowest BCUT2D eigenvalue weighted by Gasteiger charge is -2.28. The van der Waals surface area contributed by atoms with Crippen molar-refractivity contribution in [1.82, 2.24) is 9.80 Å². The molecule has 1 aliphatic heterocycles. The van der Waals surface area contributed by atoms with Crippen LogP contribution in [0.2, 0.25) is 0 Å². The van der Waals surface area contributed by atoms with Gasteiger partial charge in [-0.2, -0.15) is 0 Å². The van der Waals surface area contributed by atoms with Crippen molar-refractivity contribution in [3.8, 4) is 0 Å². The van der Waals surface area contributed by atoms with E-state index in [2.05, 4.69) is 15.9 Å². The number of carbonyl (C=O) groups is 3. The third-order valence-electron chi connectivity index (χ3n) is 4.90. The molecule has 1 saturated heterocycles. The van der Waals surface area contributed by atoms with E-state index in [1.165, 1.54) is 0 Å². The molecule has 1 aliphatic rings. The van der Waals surface area contributed by atoms with Crippen LogP contribution in [0.15, 0.2) is 53.0 Å². The number of nitrogens with zero attached hydrogens (tertiary/aromatic N) is 2. The summed E-state index contributed by atoms with van der Waals surface area (Å²) in [6.45, 7) is 0.910. The van der Waals surface area contributed by atoms with Crippen molar-refractivity contribution in [3.63, 3.8) is 0 Å². The third kappa shape index (κ3) is 4.42. The Balaban J connectivity index is 1.71. The third-order valence-corrected chi connectivity index (χ3v) is 5.43. The number of nitrogens with two attached hydrogens (primary N) is 1. The number of hydrogen-bond acceptors (Lipinski definition) is 3. The summed E-state index contributed by atoms with van der Waals surface area (Å²) in [5, 5.41) is 0. The highest BCUT2D eigenvalue weighted by Gasteiger charge is 2.36. The fourth-order valence-corrected chi connectivity index (χ4v) is 3.72. The first-order valence-electron chi connectivity index (χ1n) is 9.07. The fraction of sp³-hybridized carbons (Fsp3) is 0.286. The number of halogens is 1. The van der Waals surface area contributed by atoms with Gasteiger partial charge in [0, 0.05) is 35.7 Å². The number of primary amides is 1. The number of amides is 3. The average Bonchev–Trinajstić information content (AvgIpc) is 3.17. The predicted molar refractivity (Wildman–Crippen MR) is 110 cm³/mol. The van der Waals surface area contributed by atoms with Crippen molar-refractivity contribution >= 4 is 33.7 Å². The summed E-state index contributed by atoms with van der Waals surface area (Å²) in [7, 11) is 1.71. The summed E-state index contributed by atoms with van der Waals surface area (Å²) >= 11 is 3.36. The molecule has 3 amide bonds. The fourth-order valence-electron chi connectivity index (χ4n) is 3.45. The van der Waals surface area contributed by atoms with Crippen LogP contribution in [0.25, 0.3) is 0 Å². The number of benzene rings is 2. The molecule has 146 valence electrons. The highest BCUT2D eigenvalue weighted by atomic mass is 79.9. The Hall–Kier alpha value is -2.67. The van der Waals surface area contributed by atoms with Gasteiger partial charge in [0.15, 0.2) is 0 Å². The van der Waals surface area contributed by atoms with Crippen LogP contribution >= 0.6 is 15.9 Å². The Morgan fingerprint density at radius 2 is 1.86 bits per heavy atom. The van der Waals surface area contributed by atoms with Gasteiger partial charge >= 0.3 is 0 Å². The molecular formula is C21H22BrN3O3. The number of likely N-dealkylation sites (N-methyl/N-ethyl adjacent to an activating group) is 1. The van der Waals surface area contributed by atoms with Crippen LogP contribution in [0.1, 0.15) is 39.1 Å². The van der Waals surface area contributed by atoms with Gasteiger partial charge in [-0.15, -0.1) is 0 Å². The second-order valence-corrected chi connectivity index (χ2v) is 7.84. The Labute approximate surface area is 172 Å². The van der Waals surface area contributed by atoms with E-state index >= 15 is 0 Å². The standard InChI is InChI=1S/C21H22BrN3O3/c1-24(13-14-4-2-5-16(12-14)19(23)26)21(28)18-6-3-11-25(18)20(27)15-7-9-17(22)10-8-15/h2,4-5,7-10,12,18H,3,6,11,13H2,1H3,(H2,23,26). The maximum absolute atomic E-state index is 13.0. The molecule has 0 bridgehead atoms. The molecule has 1 atom stereocenters. The van der Waals surface area contributed by atoms with E-state index in [-0.39, 0.29) is 11.8 Å². The lowest BCUT2D eigenvalue weighted by atomic mass is 10.1. The summed E-state index contributed by atoms with van der Waals surface area (Å²) in [4.78, 5) is 40.5. The molecule has 28 heavy (non-hydrogen) atoms. The molecule has 1 fully saturated rings. The molecular weight excluding hydrogens is 422 g/mol. The van der Waals surface area contributed by atoms with Crippen molar-refractivity contribution in [2.45, 2.75) is 25.4 Å². The summed E-state index contributed by atoms with van der Waals surface area (Å²) in [5.74, 6) is -0.738. The Morgan fingerprint density at radius 3 is 2.54 bits per heavy atom. The summed E-state index contributed by atoms with van der Waals surface area (Å²) in [6, 6.07) is 13.6. The van der Waals surface area contributed by atoms with E-state index in [1.807, 2.05) is 18.2 Å². The molecule has 2 aromatic carbocycles. The van der Waals surface area contributed by atoms with Crippen molar-refractivity contribution in [3.05, 3.63) is 69.7 Å². The van der Waals surface area contributed by atoms with Gasteiger partial charge in [0.05, 0.1) is 0 Å². The molecule has 3 rings (SSSR count). The first-order valence-corrected chi connectivity index (χ1v) is 9.86. The van der Waals surface area contributed by atoms with Crippen molar-refractivity contribution in [1.29, 1.82) is 0 Å².